The average Bonchev–Trinajstić information content (AvgIpc) is 3.31. The molecule has 3 saturated heterocycles. The lowest BCUT2D eigenvalue weighted by molar-refractivity contribution is -0.134. The molecule has 0 radical (unpaired) electrons. The number of carbonyl (C=O) groups is 2. The van der Waals surface area contributed by atoms with Crippen LogP contribution in [0.25, 0.3) is 0 Å². The van der Waals surface area contributed by atoms with Gasteiger partial charge in [0, 0.05) is 57.7 Å². The third kappa shape index (κ3) is 3.48. The normalized spacial score (nSPS) is 25.3. The van der Waals surface area contributed by atoms with Crippen molar-refractivity contribution < 1.29 is 9.59 Å². The number of pyridine rings is 1. The molecule has 5 rings (SSSR count). The van der Waals surface area contributed by atoms with E-state index in [1.165, 1.54) is 0 Å². The van der Waals surface area contributed by atoms with E-state index in [0.29, 0.717) is 29.7 Å². The number of nitrogens with one attached hydrogen (secondary N) is 1. The number of rotatable bonds is 3. The van der Waals surface area contributed by atoms with E-state index < -0.39 is 5.92 Å². The molecular formula is C24H27ClN4O3. The van der Waals surface area contributed by atoms with E-state index in [4.69, 9.17) is 11.6 Å². The summed E-state index contributed by atoms with van der Waals surface area (Å²) in [6, 6.07) is 7.83. The minimum atomic E-state index is -0.394. The lowest BCUT2D eigenvalue weighted by atomic mass is 9.90. The Morgan fingerprint density at radius 3 is 2.38 bits per heavy atom. The zero-order valence-electron chi connectivity index (χ0n) is 18.3. The van der Waals surface area contributed by atoms with Crippen LogP contribution in [0.3, 0.4) is 0 Å². The van der Waals surface area contributed by atoms with Crippen molar-refractivity contribution in [1.82, 2.24) is 9.88 Å². The summed E-state index contributed by atoms with van der Waals surface area (Å²) in [5.41, 5.74) is 3.62. The Morgan fingerprint density at radius 2 is 1.69 bits per heavy atom. The van der Waals surface area contributed by atoms with Gasteiger partial charge in [0.15, 0.2) is 0 Å². The van der Waals surface area contributed by atoms with E-state index in [1.807, 2.05) is 37.4 Å². The van der Waals surface area contributed by atoms with E-state index in [0.717, 1.165) is 48.7 Å². The van der Waals surface area contributed by atoms with Crippen molar-refractivity contribution in [1.29, 1.82) is 0 Å². The quantitative estimate of drug-likeness (QED) is 0.721. The second-order valence-electron chi connectivity index (χ2n) is 9.28. The minimum absolute atomic E-state index is 0.0572. The summed E-state index contributed by atoms with van der Waals surface area (Å²) in [5, 5.41) is 3.03. The van der Waals surface area contributed by atoms with Crippen LogP contribution in [0.1, 0.15) is 29.9 Å². The van der Waals surface area contributed by atoms with Gasteiger partial charge in [-0.2, -0.15) is 0 Å². The molecule has 0 spiro atoms. The molecule has 0 bridgehead atoms. The Balaban J connectivity index is 1.34. The molecule has 168 valence electrons. The zero-order chi connectivity index (χ0) is 22.6. The molecule has 1 aromatic carbocycles. The summed E-state index contributed by atoms with van der Waals surface area (Å²) in [6.45, 7) is 5.44. The second kappa shape index (κ2) is 7.96. The highest BCUT2D eigenvalue weighted by Crippen LogP contribution is 2.41. The molecule has 3 atom stereocenters. The number of hydrogen-bond donors (Lipinski definition) is 1. The van der Waals surface area contributed by atoms with Crippen molar-refractivity contribution >= 4 is 34.8 Å². The summed E-state index contributed by atoms with van der Waals surface area (Å²) in [5.74, 6) is 0.0206. The van der Waals surface area contributed by atoms with Gasteiger partial charge in [0.05, 0.1) is 16.6 Å². The highest BCUT2D eigenvalue weighted by molar-refractivity contribution is 6.34. The van der Waals surface area contributed by atoms with Crippen LogP contribution < -0.4 is 20.7 Å². The van der Waals surface area contributed by atoms with Crippen LogP contribution in [-0.4, -0.2) is 42.6 Å². The number of carbonyl (C=O) groups excluding carboxylic acids is 2. The molecule has 8 heteroatoms. The molecule has 3 aliphatic rings. The Morgan fingerprint density at radius 1 is 1.00 bits per heavy atom. The van der Waals surface area contributed by atoms with Gasteiger partial charge >= 0.3 is 0 Å². The first kappa shape index (κ1) is 21.1. The van der Waals surface area contributed by atoms with Crippen molar-refractivity contribution in [3.8, 4) is 0 Å². The maximum absolute atomic E-state index is 12.7. The largest absolute Gasteiger partial charge is 0.370 e. The molecular weight excluding hydrogens is 428 g/mol. The number of benzene rings is 1. The van der Waals surface area contributed by atoms with Crippen LogP contribution in [0, 0.1) is 18.8 Å². The van der Waals surface area contributed by atoms with Gasteiger partial charge in [0.1, 0.15) is 5.69 Å². The van der Waals surface area contributed by atoms with E-state index in [2.05, 4.69) is 15.1 Å². The molecule has 0 aliphatic carbocycles. The van der Waals surface area contributed by atoms with Crippen LogP contribution in [-0.2, 0) is 16.6 Å². The maximum atomic E-state index is 12.7. The van der Waals surface area contributed by atoms with Gasteiger partial charge in [-0.3, -0.25) is 19.7 Å². The minimum Gasteiger partial charge on any atom is -0.370 e. The number of aromatic nitrogens is 1. The van der Waals surface area contributed by atoms with Crippen molar-refractivity contribution in [3.63, 3.8) is 0 Å². The predicted molar refractivity (Wildman–Crippen MR) is 124 cm³/mol. The number of imide groups is 1. The van der Waals surface area contributed by atoms with Crippen molar-refractivity contribution in [3.05, 3.63) is 57.0 Å². The maximum Gasteiger partial charge on any atom is 0.274 e. The first-order valence-electron chi connectivity index (χ1n) is 11.1. The van der Waals surface area contributed by atoms with Crippen LogP contribution in [0.2, 0.25) is 5.02 Å². The molecule has 1 N–H and O–H groups in total. The van der Waals surface area contributed by atoms with Gasteiger partial charge in [-0.15, -0.1) is 0 Å². The van der Waals surface area contributed by atoms with Crippen LogP contribution in [0.15, 0.2) is 35.3 Å². The summed E-state index contributed by atoms with van der Waals surface area (Å²) >= 11 is 6.80. The predicted octanol–water partition coefficient (Wildman–Crippen LogP) is 2.44. The van der Waals surface area contributed by atoms with E-state index in [9.17, 15) is 14.4 Å². The van der Waals surface area contributed by atoms with E-state index >= 15 is 0 Å². The van der Waals surface area contributed by atoms with Gasteiger partial charge in [0.25, 0.3) is 5.56 Å². The number of halogens is 1. The second-order valence-corrected chi connectivity index (χ2v) is 9.66. The molecule has 2 amide bonds. The Bertz CT molecular complexity index is 1150. The SMILES string of the molecule is Cc1ccn(C)c(=O)c1N1CC2CN(c3cccc(C4CCC(=O)NC4=O)c3Cl)CC2C1. The van der Waals surface area contributed by atoms with Crippen molar-refractivity contribution in [2.45, 2.75) is 25.7 Å². The third-order valence-electron chi connectivity index (χ3n) is 7.21. The van der Waals surface area contributed by atoms with Crippen LogP contribution in [0.5, 0.6) is 0 Å². The number of piperidine rings is 1. The molecule has 1 aromatic heterocycles. The molecule has 7 nitrogen and oxygen atoms in total. The van der Waals surface area contributed by atoms with Crippen LogP contribution in [0.4, 0.5) is 11.4 Å². The first-order valence-corrected chi connectivity index (χ1v) is 11.5. The summed E-state index contributed by atoms with van der Waals surface area (Å²) in [6.07, 6.45) is 2.63. The van der Waals surface area contributed by atoms with Gasteiger partial charge in [-0.1, -0.05) is 23.7 Å². The smallest absolute Gasteiger partial charge is 0.274 e. The van der Waals surface area contributed by atoms with E-state index in [-0.39, 0.29) is 17.4 Å². The first-order chi connectivity index (χ1) is 15.3. The highest BCUT2D eigenvalue weighted by atomic mass is 35.5. The standard InChI is InChI=1S/C24H27ClN4O3/c1-14-8-9-27(2)24(32)22(14)29-12-15-10-28(11-16(15)13-29)19-5-3-4-17(21(19)25)18-6-7-20(30)26-23(18)31/h3-5,8-9,15-16,18H,6-7,10-13H2,1-2H3,(H,26,30,31). The van der Waals surface area contributed by atoms with Crippen LogP contribution >= 0.6 is 11.6 Å². The Labute approximate surface area is 192 Å². The zero-order valence-corrected chi connectivity index (χ0v) is 19.1. The van der Waals surface area contributed by atoms with Gasteiger partial charge in [0.2, 0.25) is 11.8 Å². The molecule has 2 aromatic rings. The lowest BCUT2D eigenvalue weighted by Gasteiger charge is -2.28. The summed E-state index contributed by atoms with van der Waals surface area (Å²) in [4.78, 5) is 41.1. The van der Waals surface area contributed by atoms with E-state index in [1.54, 1.807) is 11.6 Å². The number of aryl methyl sites for hydroxylation is 2. The Hall–Kier alpha value is -2.80. The number of fused-ring (bicyclic) bond motifs is 1. The third-order valence-corrected chi connectivity index (χ3v) is 7.62. The Kier molecular flexibility index (Phi) is 5.24. The summed E-state index contributed by atoms with van der Waals surface area (Å²) in [7, 11) is 1.79. The van der Waals surface area contributed by atoms with Crippen molar-refractivity contribution in [2.75, 3.05) is 36.0 Å². The monoisotopic (exact) mass is 454 g/mol. The fourth-order valence-electron chi connectivity index (χ4n) is 5.50. The fraction of sp³-hybridized carbons (Fsp3) is 0.458. The topological polar surface area (TPSA) is 74.7 Å². The number of amides is 2. The molecule has 32 heavy (non-hydrogen) atoms. The molecule has 0 saturated carbocycles. The molecule has 4 heterocycles. The van der Waals surface area contributed by atoms with Gasteiger partial charge < -0.3 is 14.4 Å². The number of anilines is 2. The highest BCUT2D eigenvalue weighted by Gasteiger charge is 2.42. The van der Waals surface area contributed by atoms with Gasteiger partial charge in [-0.05, 0) is 36.6 Å². The van der Waals surface area contributed by atoms with Crippen molar-refractivity contribution in [2.24, 2.45) is 18.9 Å². The van der Waals surface area contributed by atoms with Gasteiger partial charge in [-0.25, -0.2) is 0 Å². The average molecular weight is 455 g/mol. The fourth-order valence-corrected chi connectivity index (χ4v) is 5.88. The molecule has 3 unspecified atom stereocenters. The number of hydrogen-bond acceptors (Lipinski definition) is 5. The molecule has 3 fully saturated rings. The molecule has 3 aliphatic heterocycles. The lowest BCUT2D eigenvalue weighted by Crippen LogP contribution is -2.39. The number of nitrogens with zero attached hydrogens (tertiary/aromatic N) is 3. The summed E-state index contributed by atoms with van der Waals surface area (Å²) < 4.78 is 1.64.